The van der Waals surface area contributed by atoms with E-state index in [-0.39, 0.29) is 5.97 Å². The summed E-state index contributed by atoms with van der Waals surface area (Å²) in [6.45, 7) is 1.98. The minimum Gasteiger partial charge on any atom is -0.456 e. The lowest BCUT2D eigenvalue weighted by molar-refractivity contribution is 0.0735. The van der Waals surface area contributed by atoms with Crippen LogP contribution in [0.4, 0.5) is 5.69 Å². The van der Waals surface area contributed by atoms with Crippen molar-refractivity contribution in [2.24, 2.45) is 4.99 Å². The Bertz CT molecular complexity index is 1480. The number of ether oxygens (including phenoxy) is 1. The van der Waals surface area contributed by atoms with Gasteiger partial charge in [-0.1, -0.05) is 60.2 Å². The highest BCUT2D eigenvalue weighted by atomic mass is 16.5. The molecule has 1 aromatic heterocycles. The molecular formula is C29H21NO3. The van der Waals surface area contributed by atoms with Crippen molar-refractivity contribution in [3.63, 3.8) is 0 Å². The lowest BCUT2D eigenvalue weighted by Crippen LogP contribution is -2.08. The van der Waals surface area contributed by atoms with E-state index in [1.807, 2.05) is 91.9 Å². The molecule has 0 saturated heterocycles. The van der Waals surface area contributed by atoms with Gasteiger partial charge in [0.25, 0.3) is 0 Å². The number of fused-ring (bicyclic) bond motifs is 1. The van der Waals surface area contributed by atoms with E-state index in [4.69, 9.17) is 14.1 Å². The predicted octanol–water partition coefficient (Wildman–Crippen LogP) is 6.86. The standard InChI is InChI=1S/C29H21NO3/c1-20-11-13-22(14-12-20)29(31)32-24-17-15-23(16-18-24)30-26-19-28(21-7-3-2-4-8-21)33-27-10-6-5-9-25(26)27/h2-19H,1H3. The van der Waals surface area contributed by atoms with E-state index in [0.29, 0.717) is 11.3 Å². The highest BCUT2D eigenvalue weighted by Crippen LogP contribution is 2.23. The molecule has 0 aliphatic heterocycles. The van der Waals surface area contributed by atoms with E-state index in [1.165, 1.54) is 0 Å². The van der Waals surface area contributed by atoms with Crippen molar-refractivity contribution in [3.8, 4) is 17.1 Å². The van der Waals surface area contributed by atoms with Crippen LogP contribution in [0.3, 0.4) is 0 Å². The van der Waals surface area contributed by atoms with Crippen molar-refractivity contribution in [2.75, 3.05) is 0 Å². The zero-order chi connectivity index (χ0) is 22.6. The Morgan fingerprint density at radius 1 is 0.788 bits per heavy atom. The first-order valence-electron chi connectivity index (χ1n) is 10.7. The van der Waals surface area contributed by atoms with Gasteiger partial charge >= 0.3 is 5.97 Å². The normalized spacial score (nSPS) is 11.5. The smallest absolute Gasteiger partial charge is 0.343 e. The van der Waals surface area contributed by atoms with E-state index >= 15 is 0 Å². The molecule has 0 atom stereocenters. The van der Waals surface area contributed by atoms with Crippen molar-refractivity contribution in [2.45, 2.75) is 6.92 Å². The molecule has 4 nitrogen and oxygen atoms in total. The first-order chi connectivity index (χ1) is 16.2. The second-order valence-electron chi connectivity index (χ2n) is 7.72. The highest BCUT2D eigenvalue weighted by Gasteiger charge is 2.09. The van der Waals surface area contributed by atoms with Gasteiger partial charge < -0.3 is 9.15 Å². The molecule has 0 amide bonds. The number of aryl methyl sites for hydroxylation is 1. The van der Waals surface area contributed by atoms with Crippen LogP contribution in [0.1, 0.15) is 15.9 Å². The Labute approximate surface area is 191 Å². The van der Waals surface area contributed by atoms with Crippen LogP contribution in [0.25, 0.3) is 22.3 Å². The zero-order valence-corrected chi connectivity index (χ0v) is 18.1. The number of rotatable bonds is 4. The maximum absolute atomic E-state index is 12.4. The van der Waals surface area contributed by atoms with Crippen LogP contribution in [0, 0.1) is 6.92 Å². The molecule has 0 fully saturated rings. The van der Waals surface area contributed by atoms with Crippen molar-refractivity contribution in [1.82, 2.24) is 0 Å². The van der Waals surface area contributed by atoms with Crippen LogP contribution in [0.2, 0.25) is 0 Å². The number of hydrogen-bond donors (Lipinski definition) is 0. The summed E-state index contributed by atoms with van der Waals surface area (Å²) in [6, 6.07) is 34.2. The number of carbonyl (C=O) groups is 1. The Hall–Kier alpha value is -4.44. The molecule has 0 aliphatic carbocycles. The Kier molecular flexibility index (Phi) is 5.56. The number of benzene rings is 4. The monoisotopic (exact) mass is 431 g/mol. The molecule has 0 aliphatic rings. The van der Waals surface area contributed by atoms with Gasteiger partial charge in [-0.05, 0) is 55.5 Å². The Morgan fingerprint density at radius 3 is 2.24 bits per heavy atom. The first kappa shape index (κ1) is 20.5. The fourth-order valence-electron chi connectivity index (χ4n) is 3.54. The summed E-state index contributed by atoms with van der Waals surface area (Å²) < 4.78 is 11.6. The molecule has 33 heavy (non-hydrogen) atoms. The van der Waals surface area contributed by atoms with E-state index in [2.05, 4.69) is 0 Å². The second kappa shape index (κ2) is 8.97. The maximum atomic E-state index is 12.4. The van der Waals surface area contributed by atoms with Crippen molar-refractivity contribution in [3.05, 3.63) is 126 Å². The molecule has 160 valence electrons. The van der Waals surface area contributed by atoms with Gasteiger partial charge in [0.15, 0.2) is 0 Å². The number of nitrogens with zero attached hydrogens (tertiary/aromatic N) is 1. The molecular weight excluding hydrogens is 410 g/mol. The molecule has 4 aromatic carbocycles. The zero-order valence-electron chi connectivity index (χ0n) is 18.1. The van der Waals surface area contributed by atoms with Crippen LogP contribution in [-0.4, -0.2) is 5.97 Å². The number of hydrogen-bond acceptors (Lipinski definition) is 4. The van der Waals surface area contributed by atoms with E-state index in [9.17, 15) is 4.79 Å². The number of carbonyl (C=O) groups excluding carboxylic acids is 1. The van der Waals surface area contributed by atoms with Gasteiger partial charge in [-0.25, -0.2) is 9.79 Å². The molecule has 5 aromatic rings. The topological polar surface area (TPSA) is 51.8 Å². The summed E-state index contributed by atoms with van der Waals surface area (Å²) in [6.07, 6.45) is 0. The highest BCUT2D eigenvalue weighted by molar-refractivity contribution is 5.91. The molecule has 0 bridgehead atoms. The van der Waals surface area contributed by atoms with Crippen molar-refractivity contribution in [1.29, 1.82) is 0 Å². The predicted molar refractivity (Wildman–Crippen MR) is 129 cm³/mol. The van der Waals surface area contributed by atoms with Gasteiger partial charge in [0.05, 0.1) is 16.6 Å². The molecule has 5 rings (SSSR count). The molecule has 0 spiro atoms. The van der Waals surface area contributed by atoms with E-state index in [1.54, 1.807) is 24.3 Å². The fourth-order valence-corrected chi connectivity index (χ4v) is 3.54. The van der Waals surface area contributed by atoms with Crippen molar-refractivity contribution < 1.29 is 13.9 Å². The van der Waals surface area contributed by atoms with Gasteiger partial charge in [0.1, 0.15) is 17.1 Å². The Balaban J connectivity index is 1.47. The molecule has 0 unspecified atom stereocenters. The molecule has 4 heteroatoms. The third kappa shape index (κ3) is 4.60. The van der Waals surface area contributed by atoms with Crippen LogP contribution in [0.15, 0.2) is 119 Å². The van der Waals surface area contributed by atoms with E-state index in [0.717, 1.165) is 38.9 Å². The largest absolute Gasteiger partial charge is 0.456 e. The third-order valence-electron chi connectivity index (χ3n) is 5.29. The summed E-state index contributed by atoms with van der Waals surface area (Å²) >= 11 is 0. The van der Waals surface area contributed by atoms with Crippen LogP contribution < -0.4 is 10.1 Å². The summed E-state index contributed by atoms with van der Waals surface area (Å²) in [5, 5.41) is 1.73. The van der Waals surface area contributed by atoms with Crippen LogP contribution in [-0.2, 0) is 0 Å². The maximum Gasteiger partial charge on any atom is 0.343 e. The third-order valence-corrected chi connectivity index (χ3v) is 5.29. The molecule has 0 N–H and O–H groups in total. The minimum atomic E-state index is -0.386. The van der Waals surface area contributed by atoms with Gasteiger partial charge in [0.2, 0.25) is 0 Å². The van der Waals surface area contributed by atoms with Crippen LogP contribution in [0.5, 0.6) is 5.75 Å². The number of para-hydroxylation sites is 1. The van der Waals surface area contributed by atoms with Gasteiger partial charge in [-0.15, -0.1) is 0 Å². The summed E-state index contributed by atoms with van der Waals surface area (Å²) in [4.78, 5) is 17.2. The summed E-state index contributed by atoms with van der Waals surface area (Å²) in [7, 11) is 0. The van der Waals surface area contributed by atoms with E-state index < -0.39 is 0 Å². The molecule has 1 heterocycles. The Morgan fingerprint density at radius 2 is 1.48 bits per heavy atom. The molecule has 0 radical (unpaired) electrons. The average Bonchev–Trinajstić information content (AvgIpc) is 2.86. The molecule has 0 saturated carbocycles. The quantitative estimate of drug-likeness (QED) is 0.231. The lowest BCUT2D eigenvalue weighted by Gasteiger charge is -2.06. The van der Waals surface area contributed by atoms with Gasteiger partial charge in [-0.2, -0.15) is 0 Å². The first-order valence-corrected chi connectivity index (χ1v) is 10.7. The van der Waals surface area contributed by atoms with Gasteiger partial charge in [0, 0.05) is 17.0 Å². The summed E-state index contributed by atoms with van der Waals surface area (Å²) in [5.74, 6) is 0.831. The fraction of sp³-hybridized carbons (Fsp3) is 0.0345. The van der Waals surface area contributed by atoms with Crippen LogP contribution >= 0.6 is 0 Å². The number of esters is 1. The lowest BCUT2D eigenvalue weighted by atomic mass is 10.1. The summed E-state index contributed by atoms with van der Waals surface area (Å²) in [5.41, 5.74) is 4.11. The minimum absolute atomic E-state index is 0.386. The van der Waals surface area contributed by atoms with Gasteiger partial charge in [-0.3, -0.25) is 0 Å². The average molecular weight is 431 g/mol. The SMILES string of the molecule is Cc1ccc(C(=O)Oc2ccc(N=c3cc(-c4ccccc4)oc4ccccc34)cc2)cc1. The second-order valence-corrected chi connectivity index (χ2v) is 7.72. The van der Waals surface area contributed by atoms with Crippen molar-refractivity contribution >= 4 is 22.6 Å².